The molecule has 0 saturated carbocycles. The van der Waals surface area contributed by atoms with Crippen LogP contribution in [0.15, 0.2) is 81.8 Å². The number of benzene rings is 2. The van der Waals surface area contributed by atoms with E-state index in [2.05, 4.69) is 20.8 Å². The molecule has 19 nitrogen and oxygen atoms in total. The summed E-state index contributed by atoms with van der Waals surface area (Å²) in [6, 6.07) is 14.0. The topological polar surface area (TPSA) is 273 Å². The second kappa shape index (κ2) is 20.6. The molecule has 5 N–H and O–H groups in total. The second-order valence-electron chi connectivity index (χ2n) is 16.7. The fraction of sp³-hybridized carbons (Fsp3) is 0.442. The Kier molecular flexibility index (Phi) is 16.2. The van der Waals surface area contributed by atoms with E-state index in [-0.39, 0.29) is 55.8 Å². The molecule has 1 atom stereocenters. The first kappa shape index (κ1) is 50.9. The lowest BCUT2D eigenvalue weighted by Gasteiger charge is -2.30. The monoisotopic (exact) mass is 966 g/mol. The SMILES string of the molecule is COCC[N+](CCCS(=O)(=O)O)=c1ccc2c(C(C)(C)C)cc(C=CC=C3N(CCOCCC(=O)On4c(O)ccc4O)c4ccc(S(=O)(=O)O)cc4C3(C)CCCS(=O)(=O)O)oc-2c1. The summed E-state index contributed by atoms with van der Waals surface area (Å²) < 4.78 is 120. The number of aromatic hydroxyl groups is 2. The number of hydrogen-bond acceptors (Lipinski definition) is 14. The summed E-state index contributed by atoms with van der Waals surface area (Å²) in [6.45, 7) is 9.09. The van der Waals surface area contributed by atoms with E-state index in [1.165, 1.54) is 18.2 Å². The maximum Gasteiger partial charge on any atom is 0.335 e. The maximum atomic E-state index is 12.4. The second-order valence-corrected chi connectivity index (χ2v) is 21.3. The first-order valence-electron chi connectivity index (χ1n) is 20.5. The molecule has 1 aliphatic carbocycles. The number of aromatic nitrogens is 1. The van der Waals surface area contributed by atoms with Gasteiger partial charge >= 0.3 is 5.97 Å². The molecule has 5 rings (SSSR count). The summed E-state index contributed by atoms with van der Waals surface area (Å²) in [5.41, 5.74) is 1.90. The minimum absolute atomic E-state index is 0.0173. The van der Waals surface area contributed by atoms with Crippen LogP contribution in [0.4, 0.5) is 5.69 Å². The molecule has 0 amide bonds. The van der Waals surface area contributed by atoms with Gasteiger partial charge in [0, 0.05) is 60.6 Å². The molecule has 22 heteroatoms. The molecule has 1 aromatic carbocycles. The van der Waals surface area contributed by atoms with Crippen molar-refractivity contribution in [3.05, 3.63) is 94.7 Å². The van der Waals surface area contributed by atoms with Gasteiger partial charge in [-0.2, -0.15) is 25.3 Å². The van der Waals surface area contributed by atoms with E-state index in [0.29, 0.717) is 52.9 Å². The van der Waals surface area contributed by atoms with Crippen molar-refractivity contribution in [3.8, 4) is 23.1 Å². The van der Waals surface area contributed by atoms with Crippen LogP contribution < -0.4 is 19.7 Å². The maximum absolute atomic E-state index is 12.4. The highest BCUT2D eigenvalue weighted by molar-refractivity contribution is 7.86. The number of fused-ring (bicyclic) bond motifs is 2. The summed E-state index contributed by atoms with van der Waals surface area (Å²) in [5.74, 6) is -1.78. The Hall–Kier alpha value is -5.07. The van der Waals surface area contributed by atoms with Crippen LogP contribution in [-0.2, 0) is 55.5 Å². The van der Waals surface area contributed by atoms with Crippen LogP contribution in [0.3, 0.4) is 0 Å². The number of anilines is 1. The number of rotatable bonds is 21. The zero-order chi connectivity index (χ0) is 48.0. The first-order chi connectivity index (χ1) is 30.3. The molecule has 0 spiro atoms. The highest BCUT2D eigenvalue weighted by Crippen LogP contribution is 2.51. The molecule has 0 radical (unpaired) electrons. The van der Waals surface area contributed by atoms with Crippen molar-refractivity contribution in [1.29, 1.82) is 0 Å². The molecule has 1 unspecified atom stereocenters. The van der Waals surface area contributed by atoms with Crippen LogP contribution in [-0.4, -0.2) is 118 Å². The molecule has 3 heterocycles. The smallest absolute Gasteiger partial charge is 0.335 e. The van der Waals surface area contributed by atoms with Crippen molar-refractivity contribution in [2.24, 2.45) is 0 Å². The van der Waals surface area contributed by atoms with Crippen LogP contribution in [0, 0.1) is 0 Å². The lowest BCUT2D eigenvalue weighted by Crippen LogP contribution is -2.34. The number of allylic oxidation sites excluding steroid dienone is 3. The van der Waals surface area contributed by atoms with Gasteiger partial charge in [0.2, 0.25) is 17.1 Å². The van der Waals surface area contributed by atoms with Gasteiger partial charge in [-0.25, -0.2) is 9.37 Å². The molecule has 2 aromatic rings. The molecule has 0 bridgehead atoms. The van der Waals surface area contributed by atoms with Gasteiger partial charge in [0.25, 0.3) is 30.4 Å². The lowest BCUT2D eigenvalue weighted by molar-refractivity contribution is -0.146. The Labute approximate surface area is 378 Å². The van der Waals surface area contributed by atoms with Crippen LogP contribution >= 0.6 is 0 Å². The summed E-state index contributed by atoms with van der Waals surface area (Å²) >= 11 is 0. The van der Waals surface area contributed by atoms with Gasteiger partial charge in [-0.05, 0) is 78.8 Å². The normalized spacial score (nSPS) is 17.0. The Morgan fingerprint density at radius 3 is 2.17 bits per heavy atom. The molecule has 0 saturated heterocycles. The molecule has 65 heavy (non-hydrogen) atoms. The third kappa shape index (κ3) is 13.5. The minimum Gasteiger partial charge on any atom is -0.492 e. The summed E-state index contributed by atoms with van der Waals surface area (Å²) in [6.07, 6.45) is 5.22. The zero-order valence-corrected chi connectivity index (χ0v) is 39.2. The number of carbonyl (C=O) groups is 1. The lowest BCUT2D eigenvalue weighted by atomic mass is 9.77. The van der Waals surface area contributed by atoms with Gasteiger partial charge in [0.1, 0.15) is 24.7 Å². The summed E-state index contributed by atoms with van der Waals surface area (Å²) in [7, 11) is -11.6. The van der Waals surface area contributed by atoms with E-state index < -0.39 is 65.0 Å². The van der Waals surface area contributed by atoms with Crippen LogP contribution in [0.5, 0.6) is 11.8 Å². The van der Waals surface area contributed by atoms with Gasteiger partial charge in [0.05, 0.1) is 42.1 Å². The van der Waals surface area contributed by atoms with Gasteiger partial charge in [-0.1, -0.05) is 26.8 Å². The largest absolute Gasteiger partial charge is 0.492 e. The van der Waals surface area contributed by atoms with E-state index >= 15 is 0 Å². The predicted octanol–water partition coefficient (Wildman–Crippen LogP) is 4.24. The van der Waals surface area contributed by atoms with Gasteiger partial charge < -0.3 is 33.8 Å². The van der Waals surface area contributed by atoms with E-state index in [1.54, 1.807) is 32.3 Å². The molecule has 356 valence electrons. The quantitative estimate of drug-likeness (QED) is 0.0444. The van der Waals surface area contributed by atoms with E-state index in [0.717, 1.165) is 28.6 Å². The van der Waals surface area contributed by atoms with Gasteiger partial charge in [-0.3, -0.25) is 13.7 Å². The Morgan fingerprint density at radius 2 is 1.54 bits per heavy atom. The Morgan fingerprint density at radius 1 is 0.862 bits per heavy atom. The van der Waals surface area contributed by atoms with Crippen LogP contribution in [0.2, 0.25) is 0 Å². The highest BCUT2D eigenvalue weighted by Gasteiger charge is 2.44. The van der Waals surface area contributed by atoms with E-state index in [4.69, 9.17) is 18.7 Å². The average molecular weight is 967 g/mol. The summed E-state index contributed by atoms with van der Waals surface area (Å²) in [4.78, 5) is 18.8. The van der Waals surface area contributed by atoms with Gasteiger partial charge in [0.15, 0.2) is 6.54 Å². The number of hydrogen-bond donors (Lipinski definition) is 5. The van der Waals surface area contributed by atoms with Crippen LogP contribution in [0.25, 0.3) is 17.4 Å². The third-order valence-corrected chi connectivity index (χ3v) is 13.3. The molecule has 2 aliphatic heterocycles. The Balaban J connectivity index is 1.55. The number of carbonyl (C=O) groups excluding carboxylic acids is 1. The number of nitrogens with zero attached hydrogens (tertiary/aromatic N) is 3. The predicted molar refractivity (Wildman–Crippen MR) is 240 cm³/mol. The van der Waals surface area contributed by atoms with Crippen molar-refractivity contribution in [1.82, 2.24) is 9.31 Å². The first-order valence-corrected chi connectivity index (χ1v) is 25.2. The molecular weight excluding hydrogens is 911 g/mol. The highest BCUT2D eigenvalue weighted by atomic mass is 32.2. The summed E-state index contributed by atoms with van der Waals surface area (Å²) in [5, 5.41) is 20.3. The molecule has 0 fully saturated rings. The van der Waals surface area contributed by atoms with Crippen molar-refractivity contribution < 1.29 is 72.6 Å². The molecule has 1 aromatic heterocycles. The Bertz CT molecular complexity index is 2790. The number of ether oxygens (including phenoxy) is 2. The van der Waals surface area contributed by atoms with Crippen LogP contribution in [0.1, 0.15) is 70.3 Å². The molecule has 3 aliphatic rings. The number of methoxy groups -OCH3 is 1. The fourth-order valence-electron chi connectivity index (χ4n) is 7.70. The van der Waals surface area contributed by atoms with Crippen molar-refractivity contribution in [2.45, 2.75) is 69.1 Å². The van der Waals surface area contributed by atoms with E-state index in [9.17, 15) is 53.9 Å². The molecular formula is C43H56N3O16S3+. The van der Waals surface area contributed by atoms with Crippen molar-refractivity contribution in [3.63, 3.8) is 0 Å². The fourth-order valence-corrected chi connectivity index (χ4v) is 9.21. The van der Waals surface area contributed by atoms with Crippen molar-refractivity contribution >= 4 is 48.1 Å². The van der Waals surface area contributed by atoms with E-state index in [1.807, 2.05) is 33.7 Å². The van der Waals surface area contributed by atoms with Crippen molar-refractivity contribution in [2.75, 3.05) is 63.0 Å². The third-order valence-electron chi connectivity index (χ3n) is 10.8. The standard InChI is InChI=1S/C43H55N3O16S3/c1-42(2,3)34-28-31(61-37-27-30(11-13-33(34)37)44(20-23-59-5)19-8-26-64(53,54)55)9-6-10-38-43(4,18-7-25-63(50,51)52)35-29-32(65(56,57)58)12-14-36(35)45(38)21-24-60-22-17-41(49)62-46-39(47)15-16-40(46)48/h6,9-16,27-29H,7-8,17-26H2,1-5H3,(H4-,47,48,50,51,52,53,54,55,56,57,58)/p+1. The average Bonchev–Trinajstić information content (AvgIpc) is 3.63. The van der Waals surface area contributed by atoms with Gasteiger partial charge in [-0.15, -0.1) is 4.73 Å². The minimum atomic E-state index is -4.67. The zero-order valence-electron chi connectivity index (χ0n) is 36.7.